The third-order valence-corrected chi connectivity index (χ3v) is 1.11. The zero-order chi connectivity index (χ0) is 7.23. The monoisotopic (exact) mass is 136 g/mol. The van der Waals surface area contributed by atoms with E-state index in [1.807, 2.05) is 12.1 Å². The van der Waals surface area contributed by atoms with E-state index in [0.29, 0.717) is 13.0 Å². The van der Waals surface area contributed by atoms with Gasteiger partial charge in [0.2, 0.25) is 6.41 Å². The highest BCUT2D eigenvalue weighted by Gasteiger charge is 1.86. The van der Waals surface area contributed by atoms with Crippen molar-refractivity contribution >= 4 is 6.41 Å². The largest absolute Gasteiger partial charge is 0.355 e. The molecule has 0 aliphatic rings. The van der Waals surface area contributed by atoms with E-state index in [4.69, 9.17) is 0 Å². The van der Waals surface area contributed by atoms with Crippen molar-refractivity contribution in [3.8, 4) is 0 Å². The Labute approximate surface area is 59.1 Å². The molecular formula is C7H8N2O. The highest BCUT2D eigenvalue weighted by atomic mass is 16.1. The van der Waals surface area contributed by atoms with Crippen LogP contribution in [0.4, 0.5) is 0 Å². The molecule has 3 heteroatoms. The van der Waals surface area contributed by atoms with E-state index < -0.39 is 0 Å². The molecule has 0 saturated heterocycles. The van der Waals surface area contributed by atoms with Crippen molar-refractivity contribution in [3.05, 3.63) is 30.1 Å². The molecule has 0 aromatic carbocycles. The number of aromatic nitrogens is 1. The first kappa shape index (κ1) is 6.74. The molecule has 0 fully saturated rings. The van der Waals surface area contributed by atoms with Gasteiger partial charge in [-0.2, -0.15) is 0 Å². The number of carbonyl (C=O) groups excluding carboxylic acids is 1. The van der Waals surface area contributed by atoms with Gasteiger partial charge in [0.15, 0.2) is 0 Å². The lowest BCUT2D eigenvalue weighted by Gasteiger charge is -1.95. The Morgan fingerprint density at radius 1 is 1.70 bits per heavy atom. The maximum absolute atomic E-state index is 9.85. The second-order valence-corrected chi connectivity index (χ2v) is 1.86. The van der Waals surface area contributed by atoms with E-state index in [1.54, 1.807) is 12.4 Å². The molecule has 3 nitrogen and oxygen atoms in total. The Kier molecular flexibility index (Phi) is 2.43. The molecule has 0 aliphatic heterocycles. The van der Waals surface area contributed by atoms with Crippen molar-refractivity contribution in [1.29, 1.82) is 0 Å². The second-order valence-electron chi connectivity index (χ2n) is 1.86. The molecule has 0 unspecified atom stereocenters. The number of amides is 1. The maximum Gasteiger partial charge on any atom is 0.207 e. The van der Waals surface area contributed by atoms with Crippen LogP contribution >= 0.6 is 0 Å². The summed E-state index contributed by atoms with van der Waals surface area (Å²) in [7, 11) is 0. The lowest BCUT2D eigenvalue weighted by Crippen LogP contribution is -2.09. The lowest BCUT2D eigenvalue weighted by atomic mass is 10.3. The molecule has 1 aromatic rings. The SMILES string of the molecule is O=CNCc1cccnc1. The van der Waals surface area contributed by atoms with Crippen LogP contribution in [-0.4, -0.2) is 11.4 Å². The maximum atomic E-state index is 9.85. The van der Waals surface area contributed by atoms with E-state index in [0.717, 1.165) is 5.56 Å². The fourth-order valence-electron chi connectivity index (χ4n) is 0.662. The molecule has 1 aromatic heterocycles. The minimum atomic E-state index is 0.553. The average molecular weight is 136 g/mol. The highest BCUT2D eigenvalue weighted by Crippen LogP contribution is 1.92. The molecule has 1 rings (SSSR count). The van der Waals surface area contributed by atoms with E-state index >= 15 is 0 Å². The topological polar surface area (TPSA) is 42.0 Å². The van der Waals surface area contributed by atoms with Crippen LogP contribution in [0.2, 0.25) is 0 Å². The molecule has 0 aliphatic carbocycles. The third kappa shape index (κ3) is 1.85. The Balaban J connectivity index is 2.50. The first-order chi connectivity index (χ1) is 4.93. The van der Waals surface area contributed by atoms with E-state index in [-0.39, 0.29) is 0 Å². The highest BCUT2D eigenvalue weighted by molar-refractivity contribution is 5.46. The molecule has 1 amide bonds. The van der Waals surface area contributed by atoms with Crippen LogP contribution in [0.25, 0.3) is 0 Å². The summed E-state index contributed by atoms with van der Waals surface area (Å²) in [6, 6.07) is 3.74. The Morgan fingerprint density at radius 2 is 2.60 bits per heavy atom. The molecule has 1 N–H and O–H groups in total. The van der Waals surface area contributed by atoms with Crippen LogP contribution in [0, 0.1) is 0 Å². The summed E-state index contributed by atoms with van der Waals surface area (Å²) in [6.45, 7) is 0.553. The molecule has 0 spiro atoms. The van der Waals surface area contributed by atoms with Crippen molar-refractivity contribution in [2.75, 3.05) is 0 Å². The number of hydrogen-bond acceptors (Lipinski definition) is 2. The average Bonchev–Trinajstić information content (AvgIpc) is 2.03. The molecular weight excluding hydrogens is 128 g/mol. The number of nitrogens with one attached hydrogen (secondary N) is 1. The molecule has 0 radical (unpaired) electrons. The van der Waals surface area contributed by atoms with Gasteiger partial charge in [-0.05, 0) is 11.6 Å². The fraction of sp³-hybridized carbons (Fsp3) is 0.143. The Bertz CT molecular complexity index is 198. The predicted molar refractivity (Wildman–Crippen MR) is 37.1 cm³/mol. The summed E-state index contributed by atoms with van der Waals surface area (Å²) < 4.78 is 0. The number of pyridine rings is 1. The molecule has 52 valence electrons. The summed E-state index contributed by atoms with van der Waals surface area (Å²) in [5, 5.41) is 2.54. The van der Waals surface area contributed by atoms with Crippen molar-refractivity contribution in [2.45, 2.75) is 6.54 Å². The summed E-state index contributed by atoms with van der Waals surface area (Å²) in [5.41, 5.74) is 1.01. The molecule has 1 heterocycles. The van der Waals surface area contributed by atoms with Crippen LogP contribution in [0.3, 0.4) is 0 Å². The number of nitrogens with zero attached hydrogens (tertiary/aromatic N) is 1. The van der Waals surface area contributed by atoms with Crippen molar-refractivity contribution in [3.63, 3.8) is 0 Å². The van der Waals surface area contributed by atoms with Gasteiger partial charge in [0, 0.05) is 18.9 Å². The summed E-state index contributed by atoms with van der Waals surface area (Å²) in [4.78, 5) is 13.7. The molecule has 10 heavy (non-hydrogen) atoms. The standard InChI is InChI=1S/C7H8N2O/c10-6-9-5-7-2-1-3-8-4-7/h1-4,6H,5H2,(H,9,10). The minimum Gasteiger partial charge on any atom is -0.355 e. The predicted octanol–water partition coefficient (Wildman–Crippen LogP) is 0.328. The van der Waals surface area contributed by atoms with Gasteiger partial charge in [0.05, 0.1) is 0 Å². The number of carbonyl (C=O) groups is 1. The van der Waals surface area contributed by atoms with Gasteiger partial charge in [-0.3, -0.25) is 9.78 Å². The zero-order valence-electron chi connectivity index (χ0n) is 5.45. The van der Waals surface area contributed by atoms with Crippen LogP contribution in [0.15, 0.2) is 24.5 Å². The van der Waals surface area contributed by atoms with Gasteiger partial charge in [-0.25, -0.2) is 0 Å². The second kappa shape index (κ2) is 3.61. The van der Waals surface area contributed by atoms with Crippen LogP contribution in [-0.2, 0) is 11.3 Å². The normalized spacial score (nSPS) is 8.80. The van der Waals surface area contributed by atoms with Crippen LogP contribution in [0.5, 0.6) is 0 Å². The summed E-state index contributed by atoms with van der Waals surface area (Å²) >= 11 is 0. The van der Waals surface area contributed by atoms with E-state index in [9.17, 15) is 4.79 Å². The first-order valence-corrected chi connectivity index (χ1v) is 2.99. The van der Waals surface area contributed by atoms with E-state index in [2.05, 4.69) is 10.3 Å². The summed E-state index contributed by atoms with van der Waals surface area (Å²) in [5.74, 6) is 0. The molecule has 0 saturated carbocycles. The van der Waals surface area contributed by atoms with Gasteiger partial charge < -0.3 is 5.32 Å². The Hall–Kier alpha value is -1.38. The quantitative estimate of drug-likeness (QED) is 0.608. The van der Waals surface area contributed by atoms with Crippen molar-refractivity contribution < 1.29 is 4.79 Å². The smallest absolute Gasteiger partial charge is 0.207 e. The third-order valence-electron chi connectivity index (χ3n) is 1.11. The van der Waals surface area contributed by atoms with E-state index in [1.165, 1.54) is 0 Å². The van der Waals surface area contributed by atoms with Gasteiger partial charge in [0.1, 0.15) is 0 Å². The fourth-order valence-corrected chi connectivity index (χ4v) is 0.662. The molecule has 0 atom stereocenters. The number of rotatable bonds is 3. The van der Waals surface area contributed by atoms with Crippen LogP contribution in [0.1, 0.15) is 5.56 Å². The number of hydrogen-bond donors (Lipinski definition) is 1. The minimum absolute atomic E-state index is 0.553. The van der Waals surface area contributed by atoms with Crippen molar-refractivity contribution in [1.82, 2.24) is 10.3 Å². The van der Waals surface area contributed by atoms with Gasteiger partial charge >= 0.3 is 0 Å². The van der Waals surface area contributed by atoms with Gasteiger partial charge in [-0.15, -0.1) is 0 Å². The zero-order valence-corrected chi connectivity index (χ0v) is 5.45. The first-order valence-electron chi connectivity index (χ1n) is 2.99. The van der Waals surface area contributed by atoms with Gasteiger partial charge in [0.25, 0.3) is 0 Å². The lowest BCUT2D eigenvalue weighted by molar-refractivity contribution is -0.109. The van der Waals surface area contributed by atoms with Gasteiger partial charge in [-0.1, -0.05) is 6.07 Å². The Morgan fingerprint density at radius 3 is 3.20 bits per heavy atom. The van der Waals surface area contributed by atoms with Crippen molar-refractivity contribution in [2.24, 2.45) is 0 Å². The van der Waals surface area contributed by atoms with Crippen LogP contribution < -0.4 is 5.32 Å². The molecule has 0 bridgehead atoms. The summed E-state index contributed by atoms with van der Waals surface area (Å²) in [6.07, 6.45) is 4.09.